The molecule has 0 bridgehead atoms. The van der Waals surface area contributed by atoms with Crippen LogP contribution in [0.25, 0.3) is 11.2 Å². The van der Waals surface area contributed by atoms with Crippen molar-refractivity contribution in [2.24, 2.45) is 11.7 Å². The number of Topliss-reactive ketones (excluding diaryl/α,β-unsaturated/α-hetero) is 1. The number of benzene rings is 1. The molecule has 11 heteroatoms. The van der Waals surface area contributed by atoms with Crippen LogP contribution in [0.15, 0.2) is 36.9 Å². The Hall–Kier alpha value is -3.12. The van der Waals surface area contributed by atoms with Crippen molar-refractivity contribution in [2.45, 2.75) is 37.3 Å². The van der Waals surface area contributed by atoms with Crippen LogP contribution < -0.4 is 15.4 Å². The number of aromatic nitrogens is 4. The van der Waals surface area contributed by atoms with Crippen molar-refractivity contribution in [1.82, 2.24) is 19.5 Å². The normalized spacial score (nSPS) is 23.2. The smallest absolute Gasteiger partial charge is 0.167 e. The van der Waals surface area contributed by atoms with E-state index in [-0.39, 0.29) is 18.8 Å². The summed E-state index contributed by atoms with van der Waals surface area (Å²) in [5, 5.41) is 21.0. The van der Waals surface area contributed by atoms with Gasteiger partial charge in [-0.3, -0.25) is 9.36 Å². The summed E-state index contributed by atoms with van der Waals surface area (Å²) in [6.45, 7) is -0.343. The van der Waals surface area contributed by atoms with E-state index in [9.17, 15) is 15.0 Å². The second-order valence-corrected chi connectivity index (χ2v) is 8.65. The number of carbonyl (C=O) groups excluding carboxylic acids is 1. The van der Waals surface area contributed by atoms with Crippen LogP contribution >= 0.6 is 0 Å². The quantitative estimate of drug-likeness (QED) is 0.398. The first kappa shape index (κ1) is 24.0. The van der Waals surface area contributed by atoms with Gasteiger partial charge in [-0.05, 0) is 24.1 Å². The molecule has 1 aliphatic heterocycles. The van der Waals surface area contributed by atoms with Crippen LogP contribution in [0.3, 0.4) is 0 Å². The van der Waals surface area contributed by atoms with Crippen LogP contribution in [0.4, 0.5) is 5.82 Å². The number of fused-ring (bicyclic) bond motifs is 1. The van der Waals surface area contributed by atoms with Crippen molar-refractivity contribution in [1.29, 1.82) is 0 Å². The van der Waals surface area contributed by atoms with Crippen molar-refractivity contribution in [3.8, 4) is 5.75 Å². The van der Waals surface area contributed by atoms with Gasteiger partial charge in [0.25, 0.3) is 0 Å². The Labute approximate surface area is 197 Å². The van der Waals surface area contributed by atoms with Gasteiger partial charge in [0.15, 0.2) is 23.2 Å². The molecule has 1 aromatic carbocycles. The van der Waals surface area contributed by atoms with E-state index in [1.54, 1.807) is 11.7 Å². The largest absolute Gasteiger partial charge is 0.497 e. The van der Waals surface area contributed by atoms with E-state index in [0.29, 0.717) is 23.4 Å². The third-order valence-electron chi connectivity index (χ3n) is 6.20. The van der Waals surface area contributed by atoms with E-state index in [0.717, 1.165) is 11.3 Å². The van der Waals surface area contributed by atoms with Gasteiger partial charge in [-0.15, -0.1) is 0 Å². The molecule has 3 heterocycles. The van der Waals surface area contributed by atoms with E-state index in [1.165, 1.54) is 12.7 Å². The van der Waals surface area contributed by atoms with Gasteiger partial charge in [-0.2, -0.15) is 0 Å². The molecule has 5 atom stereocenters. The second-order valence-electron chi connectivity index (χ2n) is 8.65. The molecule has 1 fully saturated rings. The van der Waals surface area contributed by atoms with Crippen LogP contribution in [0.5, 0.6) is 5.75 Å². The first-order valence-corrected chi connectivity index (χ1v) is 11.0. The summed E-state index contributed by atoms with van der Waals surface area (Å²) >= 11 is 0. The highest BCUT2D eigenvalue weighted by Crippen LogP contribution is 2.38. The van der Waals surface area contributed by atoms with E-state index >= 15 is 0 Å². The van der Waals surface area contributed by atoms with Gasteiger partial charge in [-0.25, -0.2) is 15.0 Å². The minimum absolute atomic E-state index is 0.0230. The average Bonchev–Trinajstić information content (AvgIpc) is 3.40. The molecule has 1 aliphatic rings. The maximum absolute atomic E-state index is 12.9. The topological polar surface area (TPSA) is 149 Å². The van der Waals surface area contributed by atoms with Gasteiger partial charge in [-0.1, -0.05) is 12.1 Å². The lowest BCUT2D eigenvalue weighted by Gasteiger charge is -2.20. The molecule has 0 amide bonds. The number of imidazole rings is 1. The van der Waals surface area contributed by atoms with Crippen LogP contribution in [0.2, 0.25) is 0 Å². The fourth-order valence-electron chi connectivity index (χ4n) is 4.32. The van der Waals surface area contributed by atoms with Gasteiger partial charge in [0.1, 0.15) is 24.0 Å². The number of carbonyl (C=O) groups is 1. The predicted molar refractivity (Wildman–Crippen MR) is 124 cm³/mol. The molecule has 3 aromatic rings. The number of ether oxygens (including phenoxy) is 2. The summed E-state index contributed by atoms with van der Waals surface area (Å²) in [5.74, 6) is 0.514. The van der Waals surface area contributed by atoms with Crippen LogP contribution in [0.1, 0.15) is 18.2 Å². The Bertz CT molecular complexity index is 1130. The molecule has 4 N–H and O–H groups in total. The molecule has 4 rings (SSSR count). The van der Waals surface area contributed by atoms with Gasteiger partial charge < -0.3 is 30.3 Å². The number of anilines is 1. The molecule has 0 spiro atoms. The zero-order chi connectivity index (χ0) is 24.4. The average molecular weight is 471 g/mol. The summed E-state index contributed by atoms with van der Waals surface area (Å²) < 4.78 is 12.7. The monoisotopic (exact) mass is 470 g/mol. The lowest BCUT2D eigenvalue weighted by Crippen LogP contribution is -2.38. The fourth-order valence-corrected chi connectivity index (χ4v) is 4.32. The van der Waals surface area contributed by atoms with Gasteiger partial charge in [0.05, 0.1) is 32.2 Å². The standard InChI is InChI=1S/C23H30N6O5/c1-28(2)21-19-22(26-11-25-21)29(12-27-19)23-20(32)15(18(10-30)34-23)9-17(31)16(24)8-13-4-6-14(33-3)7-5-13/h4-7,11-12,15-16,18,20,23,30,32H,8-10,24H2,1-3H3/t15-,16-,18+,20?,23+/m0/s1. The Balaban J connectivity index is 1.49. The number of ketones is 1. The molecule has 1 saturated heterocycles. The third-order valence-corrected chi connectivity index (χ3v) is 6.20. The number of hydrogen-bond donors (Lipinski definition) is 3. The van der Waals surface area contributed by atoms with Gasteiger partial charge >= 0.3 is 0 Å². The van der Waals surface area contributed by atoms with Crippen molar-refractivity contribution in [2.75, 3.05) is 32.7 Å². The Morgan fingerprint density at radius 3 is 2.65 bits per heavy atom. The van der Waals surface area contributed by atoms with Crippen molar-refractivity contribution in [3.63, 3.8) is 0 Å². The maximum Gasteiger partial charge on any atom is 0.167 e. The SMILES string of the molecule is COc1ccc(C[C@H](N)C(=O)C[C@@H]2C(O)[C@H](n3cnc4c(N(C)C)ncnc43)O[C@@H]2CO)cc1. The number of rotatable bonds is 9. The first-order chi connectivity index (χ1) is 16.3. The summed E-state index contributed by atoms with van der Waals surface area (Å²) in [4.78, 5) is 27.7. The molecule has 2 aromatic heterocycles. The van der Waals surface area contributed by atoms with Crippen molar-refractivity contribution in [3.05, 3.63) is 42.5 Å². The third kappa shape index (κ3) is 4.60. The van der Waals surface area contributed by atoms with E-state index in [2.05, 4.69) is 15.0 Å². The Morgan fingerprint density at radius 2 is 2.00 bits per heavy atom. The summed E-state index contributed by atoms with van der Waals surface area (Å²) in [6, 6.07) is 6.60. The molecule has 0 radical (unpaired) electrons. The second kappa shape index (κ2) is 10.0. The molecule has 182 valence electrons. The fraction of sp³-hybridized carbons (Fsp3) is 0.478. The van der Waals surface area contributed by atoms with E-state index in [1.807, 2.05) is 43.3 Å². The number of nitrogens with zero attached hydrogens (tertiary/aromatic N) is 5. The van der Waals surface area contributed by atoms with E-state index in [4.69, 9.17) is 15.2 Å². The molecular weight excluding hydrogens is 440 g/mol. The maximum atomic E-state index is 12.9. The molecular formula is C23H30N6O5. The van der Waals surface area contributed by atoms with Gasteiger partial charge in [0, 0.05) is 26.4 Å². The minimum atomic E-state index is -1.07. The Morgan fingerprint density at radius 1 is 1.26 bits per heavy atom. The molecule has 0 saturated carbocycles. The lowest BCUT2D eigenvalue weighted by molar-refractivity contribution is -0.122. The predicted octanol–water partition coefficient (Wildman–Crippen LogP) is 0.297. The zero-order valence-corrected chi connectivity index (χ0v) is 19.4. The number of methoxy groups -OCH3 is 1. The number of hydrogen-bond acceptors (Lipinski definition) is 10. The zero-order valence-electron chi connectivity index (χ0n) is 19.4. The highest BCUT2D eigenvalue weighted by Gasteiger charge is 2.46. The molecule has 34 heavy (non-hydrogen) atoms. The van der Waals surface area contributed by atoms with Crippen LogP contribution in [-0.2, 0) is 16.0 Å². The van der Waals surface area contributed by atoms with Crippen LogP contribution in [0, 0.1) is 5.92 Å². The summed E-state index contributed by atoms with van der Waals surface area (Å²) in [5.41, 5.74) is 8.13. The number of nitrogens with two attached hydrogens (primary N) is 1. The summed E-state index contributed by atoms with van der Waals surface area (Å²) in [7, 11) is 5.28. The molecule has 1 unspecified atom stereocenters. The highest BCUT2D eigenvalue weighted by atomic mass is 16.5. The van der Waals surface area contributed by atoms with E-state index < -0.39 is 30.4 Å². The van der Waals surface area contributed by atoms with Gasteiger partial charge in [0.2, 0.25) is 0 Å². The molecule has 11 nitrogen and oxygen atoms in total. The Kier molecular flexibility index (Phi) is 7.08. The highest BCUT2D eigenvalue weighted by molar-refractivity contribution is 5.84. The van der Waals surface area contributed by atoms with Crippen LogP contribution in [-0.4, -0.2) is 81.6 Å². The minimum Gasteiger partial charge on any atom is -0.497 e. The number of aliphatic hydroxyl groups excluding tert-OH is 2. The van der Waals surface area contributed by atoms with Crippen molar-refractivity contribution < 1.29 is 24.5 Å². The van der Waals surface area contributed by atoms with Crippen molar-refractivity contribution >= 4 is 22.8 Å². The number of aliphatic hydroxyl groups is 2. The molecule has 0 aliphatic carbocycles. The summed E-state index contributed by atoms with van der Waals surface area (Å²) in [6.07, 6.45) is 0.617. The lowest BCUT2D eigenvalue weighted by atomic mass is 9.89. The first-order valence-electron chi connectivity index (χ1n) is 11.0.